The zero-order valence-electron chi connectivity index (χ0n) is 12.2. The molecule has 3 N–H and O–H groups in total. The minimum Gasteiger partial charge on any atom is -0.368 e. The molecule has 0 aliphatic carbocycles. The average Bonchev–Trinajstić information content (AvgIpc) is 2.44. The first-order valence-corrected chi connectivity index (χ1v) is 7.32. The summed E-state index contributed by atoms with van der Waals surface area (Å²) in [6, 6.07) is -0.529. The predicted octanol–water partition coefficient (Wildman–Crippen LogP) is -0.184. The Morgan fingerprint density at radius 3 is 2.95 bits per heavy atom. The first-order chi connectivity index (χ1) is 9.91. The minimum atomic E-state index is -0.529. The molecule has 21 heavy (non-hydrogen) atoms. The van der Waals surface area contributed by atoms with Gasteiger partial charge in [-0.25, -0.2) is 4.68 Å². The lowest BCUT2D eigenvalue weighted by Crippen LogP contribution is -2.57. The maximum absolute atomic E-state index is 12.3. The van der Waals surface area contributed by atoms with Crippen LogP contribution in [0.2, 0.25) is 5.02 Å². The second-order valence-corrected chi connectivity index (χ2v) is 5.92. The van der Waals surface area contributed by atoms with Gasteiger partial charge in [0.2, 0.25) is 5.91 Å². The minimum absolute atomic E-state index is 0.0822. The number of hydrogen-bond donors (Lipinski definition) is 2. The summed E-state index contributed by atoms with van der Waals surface area (Å²) < 4.78 is 1.35. The van der Waals surface area contributed by atoms with Gasteiger partial charge < -0.3 is 16.0 Å². The van der Waals surface area contributed by atoms with E-state index in [0.717, 1.165) is 0 Å². The van der Waals surface area contributed by atoms with Gasteiger partial charge in [0.15, 0.2) is 0 Å². The van der Waals surface area contributed by atoms with Crippen LogP contribution >= 0.6 is 11.6 Å². The monoisotopic (exact) mass is 313 g/mol. The zero-order chi connectivity index (χ0) is 15.6. The maximum atomic E-state index is 12.3. The summed E-state index contributed by atoms with van der Waals surface area (Å²) in [6.07, 6.45) is 1.54. The molecule has 1 aliphatic heterocycles. The number of nitrogens with zero attached hydrogens (tertiary/aromatic N) is 3. The van der Waals surface area contributed by atoms with Crippen LogP contribution in [0.1, 0.15) is 13.8 Å². The molecular weight excluding hydrogens is 294 g/mol. The number of halogens is 1. The first kappa shape index (κ1) is 15.8. The van der Waals surface area contributed by atoms with E-state index in [4.69, 9.17) is 17.3 Å². The molecule has 1 aromatic heterocycles. The molecule has 1 amide bonds. The summed E-state index contributed by atoms with van der Waals surface area (Å²) in [5.41, 5.74) is 5.53. The molecule has 7 nitrogen and oxygen atoms in total. The highest BCUT2D eigenvalue weighted by Gasteiger charge is 2.29. The molecule has 1 unspecified atom stereocenters. The van der Waals surface area contributed by atoms with Gasteiger partial charge in [-0.3, -0.25) is 9.59 Å². The fraction of sp³-hybridized carbons (Fsp3) is 0.615. The number of amides is 1. The highest BCUT2D eigenvalue weighted by molar-refractivity contribution is 6.33. The van der Waals surface area contributed by atoms with E-state index in [9.17, 15) is 9.59 Å². The fourth-order valence-electron chi connectivity index (χ4n) is 2.38. The van der Waals surface area contributed by atoms with Crippen LogP contribution in [0.25, 0.3) is 0 Å². The van der Waals surface area contributed by atoms with Gasteiger partial charge in [0.05, 0.1) is 11.9 Å². The van der Waals surface area contributed by atoms with Crippen molar-refractivity contribution in [1.82, 2.24) is 15.1 Å². The molecule has 1 aliphatic rings. The van der Waals surface area contributed by atoms with Gasteiger partial charge in [-0.05, 0) is 5.92 Å². The van der Waals surface area contributed by atoms with E-state index in [0.29, 0.717) is 31.9 Å². The molecule has 0 aromatic carbocycles. The van der Waals surface area contributed by atoms with E-state index in [1.54, 1.807) is 4.90 Å². The number of nitrogens with two attached hydrogens (primary N) is 1. The highest BCUT2D eigenvalue weighted by atomic mass is 35.5. The number of piperazine rings is 1. The van der Waals surface area contributed by atoms with Crippen molar-refractivity contribution in [1.29, 1.82) is 0 Å². The van der Waals surface area contributed by atoms with E-state index >= 15 is 0 Å². The van der Waals surface area contributed by atoms with Crippen molar-refractivity contribution >= 4 is 23.2 Å². The summed E-state index contributed by atoms with van der Waals surface area (Å²) in [5, 5.41) is 7.33. The van der Waals surface area contributed by atoms with Crippen LogP contribution in [-0.2, 0) is 11.3 Å². The van der Waals surface area contributed by atoms with Gasteiger partial charge in [0, 0.05) is 26.2 Å². The first-order valence-electron chi connectivity index (χ1n) is 6.94. The Morgan fingerprint density at radius 2 is 2.33 bits per heavy atom. The number of aromatic nitrogens is 2. The molecular formula is C13H20ClN5O2. The Balaban J connectivity index is 2.37. The van der Waals surface area contributed by atoms with Crippen LogP contribution in [0.3, 0.4) is 0 Å². The fourth-order valence-corrected chi connectivity index (χ4v) is 2.63. The second kappa shape index (κ2) is 6.44. The molecule has 116 valence electrons. The smallest absolute Gasteiger partial charge is 0.287 e. The average molecular weight is 314 g/mol. The predicted molar refractivity (Wildman–Crippen MR) is 81.5 cm³/mol. The van der Waals surface area contributed by atoms with Crippen LogP contribution in [0.15, 0.2) is 11.0 Å². The van der Waals surface area contributed by atoms with Gasteiger partial charge in [0.25, 0.3) is 5.56 Å². The van der Waals surface area contributed by atoms with Crippen LogP contribution in [0.5, 0.6) is 0 Å². The largest absolute Gasteiger partial charge is 0.368 e. The quantitative estimate of drug-likeness (QED) is 0.804. The second-order valence-electron chi connectivity index (χ2n) is 5.54. The van der Waals surface area contributed by atoms with Crippen LogP contribution in [-0.4, -0.2) is 41.4 Å². The van der Waals surface area contributed by atoms with Crippen LogP contribution in [0.4, 0.5) is 5.69 Å². The molecule has 1 saturated heterocycles. The molecule has 1 aromatic rings. The number of primary amides is 1. The number of rotatable bonds is 4. The molecule has 0 saturated carbocycles. The van der Waals surface area contributed by atoms with Crippen LogP contribution < -0.4 is 21.5 Å². The maximum Gasteiger partial charge on any atom is 0.287 e. The van der Waals surface area contributed by atoms with Crippen molar-refractivity contribution in [2.45, 2.75) is 26.4 Å². The van der Waals surface area contributed by atoms with E-state index in [2.05, 4.69) is 10.4 Å². The molecule has 1 fully saturated rings. The molecule has 0 radical (unpaired) electrons. The summed E-state index contributed by atoms with van der Waals surface area (Å²) >= 11 is 6.20. The van der Waals surface area contributed by atoms with E-state index < -0.39 is 11.9 Å². The third-order valence-electron chi connectivity index (χ3n) is 3.39. The standard InChI is InChI=1S/C13H20ClN5O2/c1-8(2)7-19-13(21)11(14)9(6-17-19)18-4-3-16-5-10(18)12(15)20/h6,8,10,16H,3-5,7H2,1-2H3,(H2,15,20). The van der Waals surface area contributed by atoms with Crippen molar-refractivity contribution in [3.05, 3.63) is 21.6 Å². The SMILES string of the molecule is CC(C)Cn1ncc(N2CCNCC2C(N)=O)c(Cl)c1=O. The summed E-state index contributed by atoms with van der Waals surface area (Å²) in [6.45, 7) is 6.16. The topological polar surface area (TPSA) is 93.2 Å². The Hall–Kier alpha value is -1.60. The number of hydrogen-bond acceptors (Lipinski definition) is 5. The summed E-state index contributed by atoms with van der Waals surface area (Å²) in [7, 11) is 0. The Morgan fingerprint density at radius 1 is 1.62 bits per heavy atom. The van der Waals surface area contributed by atoms with Gasteiger partial charge in [-0.15, -0.1) is 0 Å². The van der Waals surface area contributed by atoms with E-state index in [1.807, 2.05) is 13.8 Å². The van der Waals surface area contributed by atoms with Crippen molar-refractivity contribution in [3.63, 3.8) is 0 Å². The van der Waals surface area contributed by atoms with Crippen molar-refractivity contribution in [2.24, 2.45) is 11.7 Å². The van der Waals surface area contributed by atoms with E-state index in [-0.39, 0.29) is 16.5 Å². The van der Waals surface area contributed by atoms with Gasteiger partial charge in [0.1, 0.15) is 11.1 Å². The van der Waals surface area contributed by atoms with Crippen molar-refractivity contribution in [2.75, 3.05) is 24.5 Å². The van der Waals surface area contributed by atoms with Gasteiger partial charge in [-0.1, -0.05) is 25.4 Å². The molecule has 1 atom stereocenters. The Kier molecular flexibility index (Phi) is 4.84. The molecule has 0 bridgehead atoms. The van der Waals surface area contributed by atoms with Crippen molar-refractivity contribution in [3.8, 4) is 0 Å². The van der Waals surface area contributed by atoms with Gasteiger partial charge >= 0.3 is 0 Å². The normalized spacial score (nSPS) is 19.0. The molecule has 0 spiro atoms. The Labute approximate surface area is 128 Å². The van der Waals surface area contributed by atoms with Crippen molar-refractivity contribution < 1.29 is 4.79 Å². The highest BCUT2D eigenvalue weighted by Crippen LogP contribution is 2.24. The number of carbonyl (C=O) groups is 1. The Bertz CT molecular complexity index is 586. The lowest BCUT2D eigenvalue weighted by molar-refractivity contribution is -0.119. The zero-order valence-corrected chi connectivity index (χ0v) is 12.9. The van der Waals surface area contributed by atoms with Gasteiger partial charge in [-0.2, -0.15) is 5.10 Å². The third kappa shape index (κ3) is 3.36. The summed E-state index contributed by atoms with van der Waals surface area (Å²) in [5.74, 6) is -0.167. The summed E-state index contributed by atoms with van der Waals surface area (Å²) in [4.78, 5) is 25.5. The van der Waals surface area contributed by atoms with E-state index in [1.165, 1.54) is 10.9 Å². The molecule has 8 heteroatoms. The molecule has 2 heterocycles. The van der Waals surface area contributed by atoms with Crippen LogP contribution in [0, 0.1) is 5.92 Å². The molecule has 2 rings (SSSR count). The number of nitrogens with one attached hydrogen (secondary N) is 1. The number of anilines is 1. The number of carbonyl (C=O) groups excluding carboxylic acids is 1. The lowest BCUT2D eigenvalue weighted by Gasteiger charge is -2.36. The lowest BCUT2D eigenvalue weighted by atomic mass is 10.1. The third-order valence-corrected chi connectivity index (χ3v) is 3.74.